The van der Waals surface area contributed by atoms with Crippen LogP contribution in [0.15, 0.2) is 35.3 Å². The van der Waals surface area contributed by atoms with Gasteiger partial charge in [0, 0.05) is 11.5 Å². The Morgan fingerprint density at radius 1 is 1.10 bits per heavy atom. The van der Waals surface area contributed by atoms with Crippen molar-refractivity contribution in [3.63, 3.8) is 0 Å². The summed E-state index contributed by atoms with van der Waals surface area (Å²) in [6.45, 7) is 0.798. The van der Waals surface area contributed by atoms with Crippen LogP contribution < -0.4 is 5.73 Å². The van der Waals surface area contributed by atoms with Crippen LogP contribution in [0.25, 0.3) is 0 Å². The van der Waals surface area contributed by atoms with Gasteiger partial charge in [0.05, 0.1) is 5.41 Å². The number of rotatable bonds is 5. The first-order valence-electron chi connectivity index (χ1n) is 11.9. The number of thioether (sulfide) groups is 1. The number of carbonyl (C=O) groups excluding carboxylic acids is 1. The SMILES string of the molecule is CSC1C2CC3(C(=O)N=CC4CCC(CN)CC4)CC1CC(c1ccccc1)(C2)C3. The molecular weight excluding hydrogens is 388 g/mol. The molecule has 0 aliphatic heterocycles. The van der Waals surface area contributed by atoms with Gasteiger partial charge in [-0.15, -0.1) is 0 Å². The molecule has 4 bridgehead atoms. The Morgan fingerprint density at radius 2 is 1.77 bits per heavy atom. The lowest BCUT2D eigenvalue weighted by Crippen LogP contribution is -2.60. The van der Waals surface area contributed by atoms with E-state index in [1.54, 1.807) is 0 Å². The van der Waals surface area contributed by atoms with Gasteiger partial charge in [0.15, 0.2) is 0 Å². The molecule has 1 amide bonds. The molecule has 1 aromatic carbocycles. The quantitative estimate of drug-likeness (QED) is 0.659. The largest absolute Gasteiger partial charge is 0.330 e. The molecule has 2 atom stereocenters. The Morgan fingerprint density at radius 3 is 2.37 bits per heavy atom. The molecule has 0 heterocycles. The smallest absolute Gasteiger partial charge is 0.251 e. The summed E-state index contributed by atoms with van der Waals surface area (Å²) in [5, 5.41) is 0.721. The maximum absolute atomic E-state index is 13.6. The van der Waals surface area contributed by atoms with Gasteiger partial charge in [-0.25, -0.2) is 4.99 Å². The Labute approximate surface area is 185 Å². The van der Waals surface area contributed by atoms with Crippen molar-refractivity contribution in [3.8, 4) is 0 Å². The van der Waals surface area contributed by atoms with Gasteiger partial charge in [-0.2, -0.15) is 11.8 Å². The summed E-state index contributed by atoms with van der Waals surface area (Å²) in [7, 11) is 0. The Bertz CT molecular complexity index is 783. The van der Waals surface area contributed by atoms with E-state index in [1.807, 2.05) is 18.0 Å². The summed E-state index contributed by atoms with van der Waals surface area (Å²) >= 11 is 2.04. The molecular formula is C26H36N2OS. The minimum absolute atomic E-state index is 0.184. The molecule has 0 saturated heterocycles. The third-order valence-corrected chi connectivity index (χ3v) is 10.3. The first-order valence-corrected chi connectivity index (χ1v) is 13.2. The number of aliphatic imine (C=N–C) groups is 1. The molecule has 5 aliphatic carbocycles. The predicted octanol–water partition coefficient (Wildman–Crippen LogP) is 5.23. The molecule has 0 aromatic heterocycles. The van der Waals surface area contributed by atoms with Crippen LogP contribution >= 0.6 is 11.8 Å². The predicted molar refractivity (Wildman–Crippen MR) is 126 cm³/mol. The number of carbonyl (C=O) groups is 1. The fraction of sp³-hybridized carbons (Fsp3) is 0.692. The van der Waals surface area contributed by atoms with E-state index in [1.165, 1.54) is 31.2 Å². The lowest BCUT2D eigenvalue weighted by Gasteiger charge is -2.63. The molecule has 5 saturated carbocycles. The maximum Gasteiger partial charge on any atom is 0.251 e. The molecule has 2 N–H and O–H groups in total. The average Bonchev–Trinajstić information content (AvgIpc) is 2.78. The van der Waals surface area contributed by atoms with E-state index in [0.29, 0.717) is 23.7 Å². The van der Waals surface area contributed by atoms with E-state index in [9.17, 15) is 4.79 Å². The highest BCUT2D eigenvalue weighted by molar-refractivity contribution is 7.99. The van der Waals surface area contributed by atoms with Crippen molar-refractivity contribution in [1.82, 2.24) is 0 Å². The van der Waals surface area contributed by atoms with Crippen LogP contribution in [0, 0.1) is 29.1 Å². The number of benzene rings is 1. The topological polar surface area (TPSA) is 55.5 Å². The molecule has 5 fully saturated rings. The fourth-order valence-corrected chi connectivity index (χ4v) is 8.91. The first-order chi connectivity index (χ1) is 14.6. The number of amides is 1. The Balaban J connectivity index is 1.38. The van der Waals surface area contributed by atoms with Crippen LogP contribution in [0.5, 0.6) is 0 Å². The zero-order valence-electron chi connectivity index (χ0n) is 18.3. The summed E-state index contributed by atoms with van der Waals surface area (Å²) in [5.41, 5.74) is 7.25. The molecule has 0 radical (unpaired) electrons. The number of hydrogen-bond acceptors (Lipinski definition) is 3. The lowest BCUT2D eigenvalue weighted by atomic mass is 9.42. The van der Waals surface area contributed by atoms with Gasteiger partial charge in [-0.1, -0.05) is 30.3 Å². The van der Waals surface area contributed by atoms with Gasteiger partial charge in [0.25, 0.3) is 5.91 Å². The normalized spacial score (nSPS) is 42.7. The Kier molecular flexibility index (Phi) is 5.60. The summed E-state index contributed by atoms with van der Waals surface area (Å²) in [5.74, 6) is 2.63. The average molecular weight is 425 g/mol. The molecule has 5 aliphatic rings. The van der Waals surface area contributed by atoms with Gasteiger partial charge < -0.3 is 5.73 Å². The van der Waals surface area contributed by atoms with E-state index in [4.69, 9.17) is 5.73 Å². The zero-order valence-corrected chi connectivity index (χ0v) is 19.1. The summed E-state index contributed by atoms with van der Waals surface area (Å²) in [4.78, 5) is 18.3. The molecule has 1 aromatic rings. The third-order valence-electron chi connectivity index (χ3n) is 8.96. The minimum Gasteiger partial charge on any atom is -0.330 e. The Hall–Kier alpha value is -1.13. The summed E-state index contributed by atoms with van der Waals surface area (Å²) in [6, 6.07) is 11.1. The standard InChI is InChI=1S/C26H36N2OS/c1-30-23-20-11-25(22-5-3-2-4-6-22)12-21(23)14-26(13-20,17-25)24(29)28-16-19-9-7-18(15-27)8-10-19/h2-6,16,18-21,23H,7-15,17,27H2,1H3. The van der Waals surface area contributed by atoms with E-state index in [0.717, 1.165) is 43.9 Å². The van der Waals surface area contributed by atoms with Crippen molar-refractivity contribution in [3.05, 3.63) is 35.9 Å². The molecule has 6 rings (SSSR count). The second kappa shape index (κ2) is 8.09. The van der Waals surface area contributed by atoms with Crippen LogP contribution in [0.3, 0.4) is 0 Å². The minimum atomic E-state index is -0.223. The van der Waals surface area contributed by atoms with Crippen molar-refractivity contribution in [1.29, 1.82) is 0 Å². The van der Waals surface area contributed by atoms with Crippen LogP contribution in [0.2, 0.25) is 0 Å². The fourth-order valence-electron chi connectivity index (χ4n) is 7.75. The van der Waals surface area contributed by atoms with E-state index in [2.05, 4.69) is 41.6 Å². The van der Waals surface area contributed by atoms with Crippen molar-refractivity contribution in [2.45, 2.75) is 68.5 Å². The van der Waals surface area contributed by atoms with Crippen molar-refractivity contribution < 1.29 is 4.79 Å². The molecule has 0 spiro atoms. The molecule has 162 valence electrons. The van der Waals surface area contributed by atoms with Crippen molar-refractivity contribution >= 4 is 23.9 Å². The van der Waals surface area contributed by atoms with Crippen LogP contribution in [0.1, 0.15) is 63.4 Å². The first kappa shape index (κ1) is 20.8. The van der Waals surface area contributed by atoms with Gasteiger partial charge in [-0.05, 0) is 105 Å². The van der Waals surface area contributed by atoms with Gasteiger partial charge >= 0.3 is 0 Å². The highest BCUT2D eigenvalue weighted by atomic mass is 32.2. The van der Waals surface area contributed by atoms with Crippen LogP contribution in [0.4, 0.5) is 0 Å². The van der Waals surface area contributed by atoms with Gasteiger partial charge in [-0.3, -0.25) is 4.79 Å². The second-order valence-corrected chi connectivity index (χ2v) is 11.8. The lowest BCUT2D eigenvalue weighted by molar-refractivity contribution is -0.144. The van der Waals surface area contributed by atoms with E-state index >= 15 is 0 Å². The van der Waals surface area contributed by atoms with Crippen molar-refractivity contribution in [2.75, 3.05) is 12.8 Å². The van der Waals surface area contributed by atoms with Crippen molar-refractivity contribution in [2.24, 2.45) is 39.8 Å². The third kappa shape index (κ3) is 3.48. The molecule has 30 heavy (non-hydrogen) atoms. The highest BCUT2D eigenvalue weighted by Crippen LogP contribution is 2.67. The number of nitrogens with zero attached hydrogens (tertiary/aromatic N) is 1. The van der Waals surface area contributed by atoms with Gasteiger partial charge in [0.2, 0.25) is 0 Å². The highest BCUT2D eigenvalue weighted by Gasteiger charge is 2.63. The number of hydrogen-bond donors (Lipinski definition) is 1. The van der Waals surface area contributed by atoms with E-state index in [-0.39, 0.29) is 16.7 Å². The zero-order chi connectivity index (χ0) is 20.8. The molecule has 4 heteroatoms. The van der Waals surface area contributed by atoms with Gasteiger partial charge in [0.1, 0.15) is 0 Å². The van der Waals surface area contributed by atoms with Crippen LogP contribution in [-0.2, 0) is 10.2 Å². The second-order valence-electron chi connectivity index (χ2n) is 10.7. The summed E-state index contributed by atoms with van der Waals surface area (Å²) < 4.78 is 0. The number of nitrogens with two attached hydrogens (primary N) is 1. The van der Waals surface area contributed by atoms with Crippen LogP contribution in [-0.4, -0.2) is 30.2 Å². The molecule has 2 unspecified atom stereocenters. The van der Waals surface area contributed by atoms with E-state index < -0.39 is 0 Å². The molecule has 3 nitrogen and oxygen atoms in total. The summed E-state index contributed by atoms with van der Waals surface area (Å²) in [6.07, 6.45) is 14.6. The monoisotopic (exact) mass is 424 g/mol. The maximum atomic E-state index is 13.6.